The summed E-state index contributed by atoms with van der Waals surface area (Å²) in [6.45, 7) is 4.08. The highest BCUT2D eigenvalue weighted by Crippen LogP contribution is 2.13. The Kier molecular flexibility index (Phi) is 4.93. The molecule has 2 aromatic rings. The van der Waals surface area contributed by atoms with Crippen LogP contribution < -0.4 is 5.32 Å². The Bertz CT molecular complexity index is 679. The summed E-state index contributed by atoms with van der Waals surface area (Å²) in [5, 5.41) is 15.6. The molecule has 6 nitrogen and oxygen atoms in total. The Balaban J connectivity index is 2.01. The van der Waals surface area contributed by atoms with Gasteiger partial charge < -0.3 is 10.4 Å². The van der Waals surface area contributed by atoms with Crippen LogP contribution in [0.15, 0.2) is 36.7 Å². The molecule has 1 heterocycles. The number of aryl methyl sites for hydroxylation is 1. The van der Waals surface area contributed by atoms with Gasteiger partial charge in [0.15, 0.2) is 0 Å². The average Bonchev–Trinajstić information content (AvgIpc) is 2.94. The normalized spacial score (nSPS) is 11.9. The molecule has 1 atom stereocenters. The lowest BCUT2D eigenvalue weighted by atomic mass is 10.1. The van der Waals surface area contributed by atoms with Crippen LogP contribution in [0.2, 0.25) is 0 Å². The summed E-state index contributed by atoms with van der Waals surface area (Å²) >= 11 is 0. The van der Waals surface area contributed by atoms with Gasteiger partial charge >= 0.3 is 5.97 Å². The van der Waals surface area contributed by atoms with Crippen LogP contribution in [-0.2, 0) is 4.79 Å². The van der Waals surface area contributed by atoms with Crippen LogP contribution in [0.25, 0.3) is 5.69 Å². The Labute approximate surface area is 128 Å². The second kappa shape index (κ2) is 6.89. The van der Waals surface area contributed by atoms with Gasteiger partial charge in [-0.2, -0.15) is 5.10 Å². The van der Waals surface area contributed by atoms with Gasteiger partial charge in [0.25, 0.3) is 5.91 Å². The minimum absolute atomic E-state index is 0.0305. The first-order valence-corrected chi connectivity index (χ1v) is 7.08. The molecule has 22 heavy (non-hydrogen) atoms. The lowest BCUT2D eigenvalue weighted by Gasteiger charge is -2.09. The standard InChI is InChI=1S/C16H19N3O3/c1-11(7-15(20)21)8-17-16(22)13-9-18-19(10-13)14-6-4-3-5-12(14)2/h3-6,9-11H,7-8H2,1-2H3,(H,17,22)(H,20,21). The molecule has 0 aliphatic rings. The first-order valence-electron chi connectivity index (χ1n) is 7.08. The molecule has 1 aromatic carbocycles. The molecule has 2 rings (SSSR count). The number of benzene rings is 1. The molecule has 0 spiro atoms. The fourth-order valence-electron chi connectivity index (χ4n) is 2.13. The lowest BCUT2D eigenvalue weighted by Crippen LogP contribution is -2.28. The van der Waals surface area contributed by atoms with Gasteiger partial charge in [-0.3, -0.25) is 9.59 Å². The van der Waals surface area contributed by atoms with Crippen LogP contribution in [0, 0.1) is 12.8 Å². The van der Waals surface area contributed by atoms with E-state index >= 15 is 0 Å². The van der Waals surface area contributed by atoms with Crippen molar-refractivity contribution in [1.29, 1.82) is 0 Å². The molecule has 1 unspecified atom stereocenters. The van der Waals surface area contributed by atoms with E-state index in [2.05, 4.69) is 10.4 Å². The van der Waals surface area contributed by atoms with Crippen molar-refractivity contribution in [3.63, 3.8) is 0 Å². The Hall–Kier alpha value is -2.63. The molecular weight excluding hydrogens is 282 g/mol. The summed E-state index contributed by atoms with van der Waals surface area (Å²) in [5.41, 5.74) is 2.43. The lowest BCUT2D eigenvalue weighted by molar-refractivity contribution is -0.137. The van der Waals surface area contributed by atoms with Crippen LogP contribution in [0.1, 0.15) is 29.3 Å². The zero-order valence-corrected chi connectivity index (χ0v) is 12.6. The molecule has 0 fully saturated rings. The number of carbonyl (C=O) groups is 2. The van der Waals surface area contributed by atoms with Crippen molar-refractivity contribution in [2.24, 2.45) is 5.92 Å². The molecule has 116 valence electrons. The highest BCUT2D eigenvalue weighted by molar-refractivity contribution is 5.93. The van der Waals surface area contributed by atoms with Crippen LogP contribution >= 0.6 is 0 Å². The third-order valence-electron chi connectivity index (χ3n) is 3.34. The van der Waals surface area contributed by atoms with Crippen LogP contribution in [0.4, 0.5) is 0 Å². The van der Waals surface area contributed by atoms with Crippen molar-refractivity contribution in [3.05, 3.63) is 47.8 Å². The van der Waals surface area contributed by atoms with Crippen LogP contribution in [0.5, 0.6) is 0 Å². The largest absolute Gasteiger partial charge is 0.481 e. The van der Waals surface area contributed by atoms with Gasteiger partial charge in [0.05, 0.1) is 17.4 Å². The van der Waals surface area contributed by atoms with Crippen LogP contribution in [0.3, 0.4) is 0 Å². The van der Waals surface area contributed by atoms with E-state index in [1.54, 1.807) is 17.8 Å². The van der Waals surface area contributed by atoms with E-state index in [1.807, 2.05) is 31.2 Å². The van der Waals surface area contributed by atoms with Crippen molar-refractivity contribution in [3.8, 4) is 5.69 Å². The van der Waals surface area contributed by atoms with E-state index in [1.165, 1.54) is 6.20 Å². The highest BCUT2D eigenvalue weighted by atomic mass is 16.4. The molecule has 0 aliphatic carbocycles. The Morgan fingerprint density at radius 3 is 2.77 bits per heavy atom. The second-order valence-electron chi connectivity index (χ2n) is 5.37. The third kappa shape index (κ3) is 3.94. The van der Waals surface area contributed by atoms with Crippen molar-refractivity contribution in [1.82, 2.24) is 15.1 Å². The fraction of sp³-hybridized carbons (Fsp3) is 0.312. The summed E-state index contributed by atoms with van der Waals surface area (Å²) in [6, 6.07) is 7.76. The van der Waals surface area contributed by atoms with E-state index in [-0.39, 0.29) is 18.2 Å². The molecular formula is C16H19N3O3. The third-order valence-corrected chi connectivity index (χ3v) is 3.34. The summed E-state index contributed by atoms with van der Waals surface area (Å²) < 4.78 is 1.66. The quantitative estimate of drug-likeness (QED) is 0.855. The van der Waals surface area contributed by atoms with Crippen molar-refractivity contribution < 1.29 is 14.7 Å². The van der Waals surface area contributed by atoms with Crippen molar-refractivity contribution >= 4 is 11.9 Å². The van der Waals surface area contributed by atoms with Crippen molar-refractivity contribution in [2.45, 2.75) is 20.3 Å². The Morgan fingerprint density at radius 1 is 1.36 bits per heavy atom. The molecule has 1 amide bonds. The molecule has 0 saturated carbocycles. The zero-order valence-electron chi connectivity index (χ0n) is 12.6. The monoisotopic (exact) mass is 301 g/mol. The molecule has 0 bridgehead atoms. The van der Waals surface area contributed by atoms with E-state index in [0.29, 0.717) is 12.1 Å². The molecule has 0 aliphatic heterocycles. The van der Waals surface area contributed by atoms with Gasteiger partial charge in [-0.15, -0.1) is 0 Å². The van der Waals surface area contributed by atoms with Gasteiger partial charge in [0, 0.05) is 19.2 Å². The topological polar surface area (TPSA) is 84.2 Å². The van der Waals surface area contributed by atoms with E-state index in [4.69, 9.17) is 5.11 Å². The number of carbonyl (C=O) groups excluding carboxylic acids is 1. The number of carboxylic acids is 1. The van der Waals surface area contributed by atoms with E-state index in [9.17, 15) is 9.59 Å². The number of carboxylic acid groups (broad SMARTS) is 1. The predicted molar refractivity (Wildman–Crippen MR) is 82.1 cm³/mol. The highest BCUT2D eigenvalue weighted by Gasteiger charge is 2.13. The van der Waals surface area contributed by atoms with Crippen LogP contribution in [-0.4, -0.2) is 33.3 Å². The number of para-hydroxylation sites is 1. The smallest absolute Gasteiger partial charge is 0.303 e. The summed E-state index contributed by atoms with van der Waals surface area (Å²) in [5.74, 6) is -1.24. The maximum absolute atomic E-state index is 12.1. The first kappa shape index (κ1) is 15.8. The maximum atomic E-state index is 12.1. The molecule has 2 N–H and O–H groups in total. The summed E-state index contributed by atoms with van der Waals surface area (Å²) in [7, 11) is 0. The van der Waals surface area contributed by atoms with Gasteiger partial charge in [-0.1, -0.05) is 25.1 Å². The molecule has 6 heteroatoms. The minimum Gasteiger partial charge on any atom is -0.481 e. The number of aromatic nitrogens is 2. The number of amides is 1. The van der Waals surface area contributed by atoms with Gasteiger partial charge in [0.2, 0.25) is 0 Å². The molecule has 1 aromatic heterocycles. The number of nitrogens with zero attached hydrogens (tertiary/aromatic N) is 2. The second-order valence-corrected chi connectivity index (χ2v) is 5.37. The predicted octanol–water partition coefficient (Wildman–Crippen LogP) is 2.02. The molecule has 0 saturated heterocycles. The first-order chi connectivity index (χ1) is 10.5. The average molecular weight is 301 g/mol. The number of rotatable bonds is 6. The molecule has 0 radical (unpaired) electrons. The maximum Gasteiger partial charge on any atom is 0.303 e. The van der Waals surface area contributed by atoms with Gasteiger partial charge in [-0.25, -0.2) is 4.68 Å². The number of hydrogen-bond acceptors (Lipinski definition) is 3. The Morgan fingerprint density at radius 2 is 2.09 bits per heavy atom. The number of aliphatic carboxylic acids is 1. The van der Waals surface area contributed by atoms with Crippen molar-refractivity contribution in [2.75, 3.05) is 6.54 Å². The summed E-state index contributed by atoms with van der Waals surface area (Å²) in [6.07, 6.45) is 3.20. The minimum atomic E-state index is -0.867. The SMILES string of the molecule is Cc1ccccc1-n1cc(C(=O)NCC(C)CC(=O)O)cn1. The van der Waals surface area contributed by atoms with Gasteiger partial charge in [-0.05, 0) is 24.5 Å². The van der Waals surface area contributed by atoms with Gasteiger partial charge in [0.1, 0.15) is 0 Å². The van der Waals surface area contributed by atoms with E-state index in [0.717, 1.165) is 11.3 Å². The van der Waals surface area contributed by atoms with E-state index < -0.39 is 5.97 Å². The number of nitrogens with one attached hydrogen (secondary N) is 1. The fourth-order valence-corrected chi connectivity index (χ4v) is 2.13. The zero-order chi connectivity index (χ0) is 16.1. The summed E-state index contributed by atoms with van der Waals surface area (Å²) in [4.78, 5) is 22.6. The number of hydrogen-bond donors (Lipinski definition) is 2.